The number of aromatic carboxylic acids is 1. The lowest BCUT2D eigenvalue weighted by Crippen LogP contribution is -2.28. The minimum atomic E-state index is -0.940. The molecule has 168 valence electrons. The smallest absolute Gasteiger partial charge is 0.336 e. The molecular weight excluding hydrogens is 413 g/mol. The number of benzene rings is 2. The van der Waals surface area contributed by atoms with Crippen molar-refractivity contribution in [3.05, 3.63) is 76.9 Å². The second-order valence-corrected chi connectivity index (χ2v) is 8.15. The maximum atomic E-state index is 13.1. The van der Waals surface area contributed by atoms with E-state index in [1.165, 1.54) is 12.1 Å². The number of hydrogen-bond acceptors (Lipinski definition) is 5. The van der Waals surface area contributed by atoms with Crippen LogP contribution < -0.4 is 0 Å². The van der Waals surface area contributed by atoms with E-state index in [1.807, 2.05) is 19.1 Å². The number of carboxylic acids is 1. The van der Waals surface area contributed by atoms with Gasteiger partial charge in [0.1, 0.15) is 17.8 Å². The highest BCUT2D eigenvalue weighted by Crippen LogP contribution is 2.26. The van der Waals surface area contributed by atoms with E-state index >= 15 is 0 Å². The predicted molar refractivity (Wildman–Crippen MR) is 116 cm³/mol. The molecule has 1 heterocycles. The maximum absolute atomic E-state index is 13.1. The summed E-state index contributed by atoms with van der Waals surface area (Å²) < 4.78 is 30.7. The summed E-state index contributed by atoms with van der Waals surface area (Å²) in [5.41, 5.74) is 3.27. The number of carbonyl (C=O) groups is 1. The van der Waals surface area contributed by atoms with Gasteiger partial charge in [0, 0.05) is 5.56 Å². The third-order valence-electron chi connectivity index (χ3n) is 5.66. The number of oxazole rings is 1. The molecule has 0 aliphatic heterocycles. The third-order valence-corrected chi connectivity index (χ3v) is 5.66. The molecule has 7 heteroatoms. The van der Waals surface area contributed by atoms with E-state index in [0.29, 0.717) is 29.3 Å². The summed E-state index contributed by atoms with van der Waals surface area (Å²) >= 11 is 0. The van der Waals surface area contributed by atoms with Crippen molar-refractivity contribution >= 4 is 5.97 Å². The zero-order chi connectivity index (χ0) is 22.5. The van der Waals surface area contributed by atoms with Gasteiger partial charge in [-0.3, -0.25) is 0 Å². The Bertz CT molecular complexity index is 1060. The number of aromatic nitrogens is 1. The van der Waals surface area contributed by atoms with E-state index in [1.54, 1.807) is 24.5 Å². The molecule has 1 aromatic heterocycles. The molecule has 0 unspecified atom stereocenters. The molecule has 0 saturated heterocycles. The standard InChI is InChI=1S/C25H26FNO5/c1-16-5-6-18(23(11-16)25(28)29)13-30-21-3-2-4-22(12-21)31-14-20-15-32-24(27-20)17-7-9-19(26)10-8-17/h5-11,15,21-22H,2-4,12-14H2,1H3,(H,28,29)/t21-,22+/m1/s1. The van der Waals surface area contributed by atoms with Crippen LogP contribution in [0.3, 0.4) is 0 Å². The van der Waals surface area contributed by atoms with Gasteiger partial charge in [-0.05, 0) is 68.5 Å². The summed E-state index contributed by atoms with van der Waals surface area (Å²) in [6.07, 6.45) is 5.20. The molecule has 2 aromatic carbocycles. The Morgan fingerprint density at radius 3 is 2.56 bits per heavy atom. The second-order valence-electron chi connectivity index (χ2n) is 8.15. The first-order chi connectivity index (χ1) is 15.5. The number of halogens is 1. The van der Waals surface area contributed by atoms with Crippen molar-refractivity contribution in [3.63, 3.8) is 0 Å². The quantitative estimate of drug-likeness (QED) is 0.497. The van der Waals surface area contributed by atoms with Crippen molar-refractivity contribution in [2.24, 2.45) is 0 Å². The number of aryl methyl sites for hydroxylation is 1. The zero-order valence-corrected chi connectivity index (χ0v) is 17.9. The molecule has 2 atom stereocenters. The normalized spacial score (nSPS) is 18.6. The zero-order valence-electron chi connectivity index (χ0n) is 17.9. The minimum absolute atomic E-state index is 0.0174. The molecule has 32 heavy (non-hydrogen) atoms. The summed E-state index contributed by atoms with van der Waals surface area (Å²) in [5, 5.41) is 9.43. The first-order valence-electron chi connectivity index (χ1n) is 10.7. The number of nitrogens with zero attached hydrogens (tertiary/aromatic N) is 1. The van der Waals surface area contributed by atoms with Crippen molar-refractivity contribution < 1.29 is 28.2 Å². The molecule has 0 radical (unpaired) electrons. The van der Waals surface area contributed by atoms with Crippen LogP contribution in [0.25, 0.3) is 11.5 Å². The molecule has 6 nitrogen and oxygen atoms in total. The number of hydrogen-bond donors (Lipinski definition) is 1. The Morgan fingerprint density at radius 1 is 1.12 bits per heavy atom. The van der Waals surface area contributed by atoms with E-state index < -0.39 is 5.97 Å². The van der Waals surface area contributed by atoms with Gasteiger partial charge in [0.2, 0.25) is 5.89 Å². The van der Waals surface area contributed by atoms with Crippen LogP contribution in [-0.4, -0.2) is 28.3 Å². The lowest BCUT2D eigenvalue weighted by Gasteiger charge is -2.29. The molecule has 1 N–H and O–H groups in total. The predicted octanol–water partition coefficient (Wildman–Crippen LogP) is 5.53. The molecule has 3 aromatic rings. The number of carboxylic acid groups (broad SMARTS) is 1. The molecular formula is C25H26FNO5. The molecule has 0 spiro atoms. The Morgan fingerprint density at radius 2 is 1.84 bits per heavy atom. The summed E-state index contributed by atoms with van der Waals surface area (Å²) in [6.45, 7) is 2.46. The van der Waals surface area contributed by atoms with Gasteiger partial charge in [-0.1, -0.05) is 17.7 Å². The van der Waals surface area contributed by atoms with Crippen molar-refractivity contribution in [2.75, 3.05) is 0 Å². The van der Waals surface area contributed by atoms with Crippen LogP contribution in [0.1, 0.15) is 52.9 Å². The van der Waals surface area contributed by atoms with Gasteiger partial charge in [0.05, 0.1) is 31.0 Å². The van der Waals surface area contributed by atoms with Gasteiger partial charge in [-0.2, -0.15) is 0 Å². The van der Waals surface area contributed by atoms with E-state index in [2.05, 4.69) is 4.98 Å². The van der Waals surface area contributed by atoms with E-state index in [9.17, 15) is 14.3 Å². The van der Waals surface area contributed by atoms with Crippen LogP contribution in [0.4, 0.5) is 4.39 Å². The molecule has 1 saturated carbocycles. The summed E-state index contributed by atoms with van der Waals surface area (Å²) in [6, 6.07) is 11.4. The van der Waals surface area contributed by atoms with Crippen molar-refractivity contribution in [1.82, 2.24) is 4.98 Å². The lowest BCUT2D eigenvalue weighted by molar-refractivity contribution is -0.0563. The third kappa shape index (κ3) is 5.60. The average Bonchev–Trinajstić information content (AvgIpc) is 3.26. The second kappa shape index (κ2) is 10.1. The summed E-state index contributed by atoms with van der Waals surface area (Å²) in [7, 11) is 0. The SMILES string of the molecule is Cc1ccc(CO[C@@H]2CCC[C@H](OCc3coc(-c4ccc(F)cc4)n3)C2)c(C(=O)O)c1. The molecule has 0 amide bonds. The van der Waals surface area contributed by atoms with Crippen LogP contribution in [0.2, 0.25) is 0 Å². The van der Waals surface area contributed by atoms with Gasteiger partial charge in [-0.25, -0.2) is 14.2 Å². The van der Waals surface area contributed by atoms with Gasteiger partial charge >= 0.3 is 5.97 Å². The summed E-state index contributed by atoms with van der Waals surface area (Å²) in [4.78, 5) is 15.9. The monoisotopic (exact) mass is 439 g/mol. The largest absolute Gasteiger partial charge is 0.478 e. The van der Waals surface area contributed by atoms with Crippen molar-refractivity contribution in [3.8, 4) is 11.5 Å². The Kier molecular flexibility index (Phi) is 6.97. The highest BCUT2D eigenvalue weighted by molar-refractivity contribution is 5.89. The van der Waals surface area contributed by atoms with Gasteiger partial charge < -0.3 is 19.0 Å². The van der Waals surface area contributed by atoms with E-state index in [0.717, 1.165) is 31.2 Å². The Balaban J connectivity index is 1.29. The Labute approximate surface area is 186 Å². The maximum Gasteiger partial charge on any atom is 0.336 e. The highest BCUT2D eigenvalue weighted by atomic mass is 19.1. The number of ether oxygens (including phenoxy) is 2. The molecule has 1 fully saturated rings. The van der Waals surface area contributed by atoms with Crippen LogP contribution in [0.5, 0.6) is 0 Å². The summed E-state index contributed by atoms with van der Waals surface area (Å²) in [5.74, 6) is -0.815. The van der Waals surface area contributed by atoms with Gasteiger partial charge in [0.15, 0.2) is 0 Å². The molecule has 1 aliphatic rings. The van der Waals surface area contributed by atoms with Gasteiger partial charge in [0.25, 0.3) is 0 Å². The van der Waals surface area contributed by atoms with Gasteiger partial charge in [-0.15, -0.1) is 0 Å². The fraction of sp³-hybridized carbons (Fsp3) is 0.360. The fourth-order valence-corrected chi connectivity index (χ4v) is 3.93. The van der Waals surface area contributed by atoms with Crippen LogP contribution in [0, 0.1) is 12.7 Å². The lowest BCUT2D eigenvalue weighted by atomic mass is 9.94. The molecule has 0 bridgehead atoms. The number of rotatable bonds is 8. The topological polar surface area (TPSA) is 81.8 Å². The molecule has 4 rings (SSSR count). The Hall–Kier alpha value is -3.03. The van der Waals surface area contributed by atoms with Crippen molar-refractivity contribution in [2.45, 2.75) is 58.0 Å². The highest BCUT2D eigenvalue weighted by Gasteiger charge is 2.24. The fourth-order valence-electron chi connectivity index (χ4n) is 3.93. The van der Waals surface area contributed by atoms with E-state index in [-0.39, 0.29) is 30.2 Å². The molecule has 1 aliphatic carbocycles. The average molecular weight is 439 g/mol. The van der Waals surface area contributed by atoms with Crippen LogP contribution in [0.15, 0.2) is 53.1 Å². The van der Waals surface area contributed by atoms with Crippen LogP contribution >= 0.6 is 0 Å². The van der Waals surface area contributed by atoms with Crippen molar-refractivity contribution in [1.29, 1.82) is 0 Å². The first kappa shape index (κ1) is 22.2. The minimum Gasteiger partial charge on any atom is -0.478 e. The first-order valence-corrected chi connectivity index (χ1v) is 10.7. The van der Waals surface area contributed by atoms with E-state index in [4.69, 9.17) is 13.9 Å². The van der Waals surface area contributed by atoms with Crippen LogP contribution in [-0.2, 0) is 22.7 Å².